The van der Waals surface area contributed by atoms with Crippen LogP contribution >= 0.6 is 0 Å². The summed E-state index contributed by atoms with van der Waals surface area (Å²) in [7, 11) is 2.01. The first-order valence-electron chi connectivity index (χ1n) is 14.0. The quantitative estimate of drug-likeness (QED) is 0.351. The minimum atomic E-state index is -0.226. The molecule has 3 saturated heterocycles. The number of nitrogens with zero attached hydrogens (tertiary/aromatic N) is 4. The monoisotopic (exact) mass is 548 g/mol. The maximum absolute atomic E-state index is 13.6. The van der Waals surface area contributed by atoms with Crippen molar-refractivity contribution in [3.8, 4) is 5.69 Å². The number of methoxy groups -OCH3 is 1. The van der Waals surface area contributed by atoms with Gasteiger partial charge in [-0.2, -0.15) is 5.10 Å². The second kappa shape index (κ2) is 9.85. The summed E-state index contributed by atoms with van der Waals surface area (Å²) >= 11 is 0. The molecule has 4 aliphatic rings. The van der Waals surface area contributed by atoms with Gasteiger partial charge in [-0.3, -0.25) is 9.64 Å². The Hall–Kier alpha value is -2.49. The Morgan fingerprint density at radius 2 is 1.95 bits per heavy atom. The fraction of sp³-hybridized carbons (Fsp3) is 0.452. The van der Waals surface area contributed by atoms with Gasteiger partial charge in [-0.05, 0) is 60.9 Å². The molecule has 0 radical (unpaired) electrons. The highest BCUT2D eigenvalue weighted by Gasteiger charge is 2.69. The van der Waals surface area contributed by atoms with Crippen molar-refractivity contribution in [1.29, 1.82) is 0 Å². The number of aryl methyl sites for hydroxylation is 1. The number of rotatable bonds is 5. The molecule has 1 aliphatic carbocycles. The molecule has 3 fully saturated rings. The second-order valence-corrected chi connectivity index (χ2v) is 13.6. The van der Waals surface area contributed by atoms with E-state index in [-0.39, 0.29) is 27.7 Å². The first-order valence-corrected chi connectivity index (χ1v) is 15.4. The first-order chi connectivity index (χ1) is 19.0. The molecule has 39 heavy (non-hydrogen) atoms. The lowest BCUT2D eigenvalue weighted by molar-refractivity contribution is -0.970. The van der Waals surface area contributed by atoms with E-state index in [9.17, 15) is 4.39 Å². The third-order valence-corrected chi connectivity index (χ3v) is 12.2. The number of hydrogen-bond acceptors (Lipinski definition) is 4. The summed E-state index contributed by atoms with van der Waals surface area (Å²) in [5.74, 6) is 0.930. The van der Waals surface area contributed by atoms with Gasteiger partial charge in [0.25, 0.3) is 5.88 Å². The molecule has 1 spiro atoms. The van der Waals surface area contributed by atoms with E-state index < -0.39 is 0 Å². The van der Waals surface area contributed by atoms with Crippen LogP contribution in [0.1, 0.15) is 23.2 Å². The highest BCUT2D eigenvalue weighted by molar-refractivity contribution is 7.98. The lowest BCUT2D eigenvalue weighted by Crippen LogP contribution is -2.76. The lowest BCUT2D eigenvalue weighted by Gasteiger charge is -2.57. The fourth-order valence-electron chi connectivity index (χ4n) is 7.43. The van der Waals surface area contributed by atoms with E-state index >= 15 is 0 Å². The summed E-state index contributed by atoms with van der Waals surface area (Å²) in [4.78, 5) is 4.07. The molecule has 4 atom stereocenters. The molecular formula is C31H37FN4O2S+2. The topological polar surface area (TPSA) is 39.5 Å². The maximum Gasteiger partial charge on any atom is 0.368 e. The Morgan fingerprint density at radius 1 is 1.15 bits per heavy atom. The number of piperidine rings is 1. The molecule has 8 heteroatoms. The van der Waals surface area contributed by atoms with E-state index in [0.29, 0.717) is 0 Å². The van der Waals surface area contributed by atoms with Crippen LogP contribution in [0.4, 0.5) is 4.39 Å². The van der Waals surface area contributed by atoms with Gasteiger partial charge in [-0.1, -0.05) is 18.2 Å². The number of fused-ring (bicyclic) bond motifs is 2. The number of quaternary nitrogens is 1. The van der Waals surface area contributed by atoms with Gasteiger partial charge in [0.15, 0.2) is 15.8 Å². The summed E-state index contributed by atoms with van der Waals surface area (Å²) in [6.07, 6.45) is 6.48. The molecule has 6 nitrogen and oxygen atoms in total. The van der Waals surface area contributed by atoms with Crippen molar-refractivity contribution in [3.05, 3.63) is 82.9 Å². The van der Waals surface area contributed by atoms with Gasteiger partial charge in [0.2, 0.25) is 0 Å². The Kier molecular flexibility index (Phi) is 6.44. The number of morpholine rings is 1. The van der Waals surface area contributed by atoms with Gasteiger partial charge < -0.3 is 4.74 Å². The zero-order valence-electron chi connectivity index (χ0n) is 22.8. The van der Waals surface area contributed by atoms with Crippen molar-refractivity contribution in [1.82, 2.24) is 14.7 Å². The normalized spacial score (nSPS) is 30.4. The van der Waals surface area contributed by atoms with Crippen molar-refractivity contribution >= 4 is 17.0 Å². The van der Waals surface area contributed by atoms with E-state index in [4.69, 9.17) is 14.6 Å². The smallest absolute Gasteiger partial charge is 0.368 e. The van der Waals surface area contributed by atoms with Gasteiger partial charge in [0, 0.05) is 38.7 Å². The van der Waals surface area contributed by atoms with Crippen LogP contribution in [-0.2, 0) is 26.8 Å². The Bertz CT molecular complexity index is 1400. The van der Waals surface area contributed by atoms with E-state index in [0.717, 1.165) is 80.5 Å². The first kappa shape index (κ1) is 25.5. The van der Waals surface area contributed by atoms with Gasteiger partial charge in [0.1, 0.15) is 5.82 Å². The molecule has 0 N–H and O–H groups in total. The zero-order chi connectivity index (χ0) is 26.6. The number of halogens is 1. The summed E-state index contributed by atoms with van der Waals surface area (Å²) < 4.78 is 28.7. The molecule has 3 aromatic rings. The van der Waals surface area contributed by atoms with Crippen molar-refractivity contribution in [2.45, 2.75) is 30.2 Å². The van der Waals surface area contributed by atoms with Crippen molar-refractivity contribution in [2.75, 3.05) is 58.9 Å². The molecule has 1 aromatic heterocycles. The predicted molar refractivity (Wildman–Crippen MR) is 152 cm³/mol. The van der Waals surface area contributed by atoms with E-state index in [1.165, 1.54) is 33.7 Å². The zero-order valence-corrected chi connectivity index (χ0v) is 23.6. The van der Waals surface area contributed by atoms with Crippen molar-refractivity contribution in [2.24, 2.45) is 5.41 Å². The molecule has 2 aromatic carbocycles. The number of aromatic nitrogens is 2. The average Bonchev–Trinajstić information content (AvgIpc) is 3.34. The van der Waals surface area contributed by atoms with Gasteiger partial charge >= 0.3 is 5.56 Å². The number of benzene rings is 2. The molecular weight excluding hydrogens is 511 g/mol. The Balaban J connectivity index is 1.24. The lowest BCUT2D eigenvalue weighted by atomic mass is 9.67. The molecule has 0 saturated carbocycles. The average molecular weight is 549 g/mol. The minimum Gasteiger partial charge on any atom is -0.379 e. The molecule has 204 valence electrons. The number of hydrogen-bond donors (Lipinski definition) is 0. The van der Waals surface area contributed by atoms with E-state index in [1.54, 1.807) is 0 Å². The summed E-state index contributed by atoms with van der Waals surface area (Å²) in [5.41, 5.74) is 6.48. The fourth-order valence-corrected chi connectivity index (χ4v) is 10.3. The molecule has 7 rings (SSSR count). The molecule has 0 bridgehead atoms. The van der Waals surface area contributed by atoms with Crippen LogP contribution in [0.15, 0.2) is 65.2 Å². The van der Waals surface area contributed by atoms with Gasteiger partial charge in [0.05, 0.1) is 49.3 Å². The highest BCUT2D eigenvalue weighted by atomic mass is 32.2. The van der Waals surface area contributed by atoms with Crippen molar-refractivity contribution in [3.63, 3.8) is 0 Å². The maximum atomic E-state index is 13.6. The largest absolute Gasteiger partial charge is 0.379 e. The SMILES string of the molecule is COC1[S+](c2ccccc2C)C[N+]12CCC1=Cc3c(cnn3-c3ccc(F)cc3)C[C@]1(CN1CCOCC1)C2. The second-order valence-electron chi connectivity index (χ2n) is 11.7. The predicted octanol–water partition coefficient (Wildman–Crippen LogP) is 4.38. The van der Waals surface area contributed by atoms with Crippen molar-refractivity contribution < 1.29 is 18.3 Å². The minimum absolute atomic E-state index is 0.0389. The summed E-state index contributed by atoms with van der Waals surface area (Å²) in [5, 5.41) is 4.78. The molecule has 3 unspecified atom stereocenters. The Morgan fingerprint density at radius 3 is 2.72 bits per heavy atom. The molecule has 0 amide bonds. The number of ether oxygens (including phenoxy) is 2. The van der Waals surface area contributed by atoms with Gasteiger partial charge in [-0.25, -0.2) is 13.6 Å². The van der Waals surface area contributed by atoms with Crippen LogP contribution in [0.2, 0.25) is 0 Å². The highest BCUT2D eigenvalue weighted by Crippen LogP contribution is 2.52. The van der Waals surface area contributed by atoms with E-state index in [2.05, 4.69) is 42.2 Å². The summed E-state index contributed by atoms with van der Waals surface area (Å²) in [6, 6.07) is 15.5. The molecule has 4 heterocycles. The van der Waals surface area contributed by atoms with Crippen LogP contribution in [-0.4, -0.2) is 83.6 Å². The van der Waals surface area contributed by atoms with Crippen LogP contribution in [0, 0.1) is 18.2 Å². The van der Waals surface area contributed by atoms with Crippen LogP contribution in [0.3, 0.4) is 0 Å². The molecule has 3 aliphatic heterocycles. The summed E-state index contributed by atoms with van der Waals surface area (Å²) in [6.45, 7) is 9.04. The van der Waals surface area contributed by atoms with E-state index in [1.807, 2.05) is 30.1 Å². The third-order valence-electron chi connectivity index (χ3n) is 9.22. The Labute approximate surface area is 232 Å². The van der Waals surface area contributed by atoms with Gasteiger partial charge in [-0.15, -0.1) is 0 Å². The standard InChI is InChI=1S/C31H37FN4O2S/c1-23-5-3-4-6-29(23)39-22-36(30(39)37-2)14-11-25-17-28-24(19-33-35(28)27-9-7-26(32)8-10-27)18-31(25,21-36)20-34-12-15-38-16-13-34/h3-10,17,19,30H,11-16,18,20-22H2,1-2H3/q+2/t30?,31-,36?,39?/m0/s1. The van der Waals surface area contributed by atoms with Crippen LogP contribution in [0.25, 0.3) is 11.8 Å². The van der Waals surface area contributed by atoms with Crippen LogP contribution in [0.5, 0.6) is 0 Å². The third kappa shape index (κ3) is 4.28. The van der Waals surface area contributed by atoms with Crippen LogP contribution < -0.4 is 0 Å².